The van der Waals surface area contributed by atoms with Crippen LogP contribution in [0.5, 0.6) is 0 Å². The van der Waals surface area contributed by atoms with Crippen LogP contribution in [-0.4, -0.2) is 59.3 Å². The number of rotatable bonds is 22. The molecular formula is C24H54NO3Si+. The number of unbranched alkanes of at least 4 members (excludes halogenated alkanes) is 3. The molecule has 0 aliphatic carbocycles. The van der Waals surface area contributed by atoms with Crippen LogP contribution in [0.1, 0.15) is 106 Å². The van der Waals surface area contributed by atoms with Gasteiger partial charge in [-0.05, 0) is 38.5 Å². The highest BCUT2D eigenvalue weighted by Gasteiger charge is 2.41. The molecule has 0 bridgehead atoms. The fraction of sp³-hybridized carbons (Fsp3) is 1.00. The van der Waals surface area contributed by atoms with Crippen molar-refractivity contribution in [1.82, 2.24) is 0 Å². The van der Waals surface area contributed by atoms with Gasteiger partial charge in [0.1, 0.15) is 0 Å². The Hall–Kier alpha value is 0.0569. The largest absolute Gasteiger partial charge is 0.501 e. The van der Waals surface area contributed by atoms with E-state index < -0.39 is 8.80 Å². The maximum absolute atomic E-state index is 6.33. The standard InChI is InChI=1S/C24H54NO3Si/c1-7-13-17-25(18-14-8-2,19-15-9-3)20-16-24-29(26-21-10-4,27-22-11-5)28-23-12-6/h7-24H2,1-6H3/q+1. The van der Waals surface area contributed by atoms with Crippen molar-refractivity contribution in [3.05, 3.63) is 0 Å². The third kappa shape index (κ3) is 13.2. The molecule has 0 aromatic rings. The Morgan fingerprint density at radius 3 is 1.14 bits per heavy atom. The van der Waals surface area contributed by atoms with Crippen LogP contribution in [0.2, 0.25) is 6.04 Å². The normalized spacial score (nSPS) is 12.6. The van der Waals surface area contributed by atoms with Crippen molar-refractivity contribution < 1.29 is 17.8 Å². The Kier molecular flexibility index (Phi) is 18.8. The summed E-state index contributed by atoms with van der Waals surface area (Å²) in [5.74, 6) is 0. The lowest BCUT2D eigenvalue weighted by molar-refractivity contribution is -0.928. The summed E-state index contributed by atoms with van der Waals surface area (Å²) in [5, 5.41) is 0. The number of hydrogen-bond acceptors (Lipinski definition) is 3. The zero-order valence-electron chi connectivity index (χ0n) is 20.9. The predicted octanol–water partition coefficient (Wildman–Crippen LogP) is 6.81. The van der Waals surface area contributed by atoms with Gasteiger partial charge in [0.2, 0.25) is 0 Å². The highest BCUT2D eigenvalue weighted by Crippen LogP contribution is 2.23. The molecular weight excluding hydrogens is 378 g/mol. The van der Waals surface area contributed by atoms with Crippen LogP contribution in [0.4, 0.5) is 0 Å². The van der Waals surface area contributed by atoms with Gasteiger partial charge < -0.3 is 17.8 Å². The molecule has 176 valence electrons. The van der Waals surface area contributed by atoms with Gasteiger partial charge in [-0.2, -0.15) is 0 Å². The SMILES string of the molecule is CCCC[N+](CCCC)(CCCC)CCC[Si](OCCC)(OCCC)OCCC. The lowest BCUT2D eigenvalue weighted by atomic mass is 10.1. The zero-order valence-corrected chi connectivity index (χ0v) is 21.9. The third-order valence-electron chi connectivity index (χ3n) is 5.65. The quantitative estimate of drug-likeness (QED) is 0.139. The fourth-order valence-electron chi connectivity index (χ4n) is 3.90. The van der Waals surface area contributed by atoms with Gasteiger partial charge >= 0.3 is 8.80 Å². The van der Waals surface area contributed by atoms with E-state index in [0.29, 0.717) is 0 Å². The van der Waals surface area contributed by atoms with Crippen molar-refractivity contribution in [1.29, 1.82) is 0 Å². The number of hydrogen-bond donors (Lipinski definition) is 0. The molecule has 5 heteroatoms. The number of nitrogens with zero attached hydrogens (tertiary/aromatic N) is 1. The molecule has 4 nitrogen and oxygen atoms in total. The van der Waals surface area contributed by atoms with E-state index in [4.69, 9.17) is 13.3 Å². The first-order valence-electron chi connectivity index (χ1n) is 12.8. The molecule has 29 heavy (non-hydrogen) atoms. The van der Waals surface area contributed by atoms with Crippen LogP contribution in [-0.2, 0) is 13.3 Å². The van der Waals surface area contributed by atoms with Crippen LogP contribution in [0.3, 0.4) is 0 Å². The Balaban J connectivity index is 5.21. The van der Waals surface area contributed by atoms with E-state index in [9.17, 15) is 0 Å². The van der Waals surface area contributed by atoms with Gasteiger partial charge in [-0.15, -0.1) is 0 Å². The minimum Gasteiger partial charge on any atom is -0.373 e. The molecule has 0 aliphatic rings. The second-order valence-corrected chi connectivity index (χ2v) is 11.4. The van der Waals surface area contributed by atoms with E-state index in [1.807, 2.05) is 0 Å². The van der Waals surface area contributed by atoms with Crippen LogP contribution in [0.15, 0.2) is 0 Å². The van der Waals surface area contributed by atoms with E-state index >= 15 is 0 Å². The summed E-state index contributed by atoms with van der Waals surface area (Å²) in [6.07, 6.45) is 12.1. The monoisotopic (exact) mass is 432 g/mol. The lowest BCUT2D eigenvalue weighted by Gasteiger charge is -2.40. The summed E-state index contributed by atoms with van der Waals surface area (Å²) in [4.78, 5) is 0. The number of quaternary nitrogens is 1. The van der Waals surface area contributed by atoms with Crippen molar-refractivity contribution in [2.75, 3.05) is 46.0 Å². The van der Waals surface area contributed by atoms with Crippen LogP contribution in [0, 0.1) is 0 Å². The lowest BCUT2D eigenvalue weighted by Crippen LogP contribution is -2.52. The zero-order chi connectivity index (χ0) is 21.8. The molecule has 0 fully saturated rings. The minimum atomic E-state index is -2.56. The third-order valence-corrected chi connectivity index (χ3v) is 8.55. The van der Waals surface area contributed by atoms with E-state index in [1.165, 1.54) is 69.2 Å². The van der Waals surface area contributed by atoms with Crippen molar-refractivity contribution in [3.8, 4) is 0 Å². The second-order valence-electron chi connectivity index (χ2n) is 8.63. The highest BCUT2D eigenvalue weighted by atomic mass is 28.4. The van der Waals surface area contributed by atoms with Crippen molar-refractivity contribution in [3.63, 3.8) is 0 Å². The summed E-state index contributed by atoms with van der Waals surface area (Å²) in [7, 11) is -2.56. The van der Waals surface area contributed by atoms with E-state index in [0.717, 1.165) is 51.5 Å². The van der Waals surface area contributed by atoms with Crippen LogP contribution >= 0.6 is 0 Å². The van der Waals surface area contributed by atoms with Crippen molar-refractivity contribution >= 4 is 8.80 Å². The van der Waals surface area contributed by atoms with Gasteiger partial charge in [-0.1, -0.05) is 60.8 Å². The van der Waals surface area contributed by atoms with E-state index in [-0.39, 0.29) is 0 Å². The van der Waals surface area contributed by atoms with Gasteiger partial charge in [-0.25, -0.2) is 0 Å². The average molecular weight is 433 g/mol. The second kappa shape index (κ2) is 18.8. The average Bonchev–Trinajstić information content (AvgIpc) is 2.75. The first-order chi connectivity index (χ1) is 14.1. The summed E-state index contributed by atoms with van der Waals surface area (Å²) < 4.78 is 20.3. The molecule has 0 aromatic carbocycles. The van der Waals surface area contributed by atoms with Gasteiger partial charge in [0.05, 0.1) is 26.2 Å². The Labute approximate surface area is 184 Å². The topological polar surface area (TPSA) is 27.7 Å². The van der Waals surface area contributed by atoms with E-state index in [1.54, 1.807) is 0 Å². The van der Waals surface area contributed by atoms with Crippen molar-refractivity contribution in [2.45, 2.75) is 112 Å². The molecule has 0 N–H and O–H groups in total. The van der Waals surface area contributed by atoms with E-state index in [2.05, 4.69) is 41.5 Å². The molecule has 0 unspecified atom stereocenters. The molecule has 0 radical (unpaired) electrons. The summed E-state index contributed by atoms with van der Waals surface area (Å²) in [6.45, 7) is 20.9. The minimum absolute atomic E-state index is 0.751. The van der Waals surface area contributed by atoms with Gasteiger partial charge in [-0.3, -0.25) is 0 Å². The Bertz CT molecular complexity index is 279. The molecule has 0 saturated carbocycles. The van der Waals surface area contributed by atoms with Gasteiger partial charge in [0.15, 0.2) is 0 Å². The first-order valence-corrected chi connectivity index (χ1v) is 14.8. The molecule has 0 atom stereocenters. The summed E-state index contributed by atoms with van der Waals surface area (Å²) in [5.41, 5.74) is 0. The summed E-state index contributed by atoms with van der Waals surface area (Å²) in [6, 6.07) is 0.970. The van der Waals surface area contributed by atoms with Crippen molar-refractivity contribution in [2.24, 2.45) is 0 Å². The molecule has 0 saturated heterocycles. The molecule has 0 aromatic heterocycles. The highest BCUT2D eigenvalue weighted by molar-refractivity contribution is 6.60. The molecule has 0 heterocycles. The molecule has 0 aliphatic heterocycles. The van der Waals surface area contributed by atoms with Crippen LogP contribution in [0.25, 0.3) is 0 Å². The molecule has 0 amide bonds. The molecule has 0 rings (SSSR count). The molecule has 0 spiro atoms. The smallest absolute Gasteiger partial charge is 0.373 e. The maximum Gasteiger partial charge on any atom is 0.501 e. The summed E-state index contributed by atoms with van der Waals surface area (Å²) >= 11 is 0. The predicted molar refractivity (Wildman–Crippen MR) is 128 cm³/mol. The maximum atomic E-state index is 6.33. The van der Waals surface area contributed by atoms with Gasteiger partial charge in [0.25, 0.3) is 0 Å². The fourth-order valence-corrected chi connectivity index (χ4v) is 6.72. The Morgan fingerprint density at radius 2 is 0.828 bits per heavy atom. The van der Waals surface area contributed by atoms with Gasteiger partial charge in [0, 0.05) is 32.3 Å². The first kappa shape index (κ1) is 29.1. The van der Waals surface area contributed by atoms with Crippen LogP contribution < -0.4 is 0 Å². The Morgan fingerprint density at radius 1 is 0.483 bits per heavy atom.